The van der Waals surface area contributed by atoms with Crippen molar-refractivity contribution in [2.24, 2.45) is 5.73 Å². The van der Waals surface area contributed by atoms with Crippen molar-refractivity contribution >= 4 is 34.4 Å². The van der Waals surface area contributed by atoms with Crippen molar-refractivity contribution < 1.29 is 4.79 Å². The number of benzene rings is 1. The van der Waals surface area contributed by atoms with Crippen LogP contribution in [0, 0.1) is 6.92 Å². The highest BCUT2D eigenvalue weighted by Crippen LogP contribution is 2.26. The van der Waals surface area contributed by atoms with Crippen molar-refractivity contribution in [2.75, 3.05) is 18.9 Å². The predicted octanol–water partition coefficient (Wildman–Crippen LogP) is 2.46. The zero-order valence-corrected chi connectivity index (χ0v) is 15.2. The summed E-state index contributed by atoms with van der Waals surface area (Å²) >= 11 is 6.14. The molecule has 4 N–H and O–H groups in total. The van der Waals surface area contributed by atoms with Crippen LogP contribution in [0.25, 0.3) is 11.0 Å². The van der Waals surface area contributed by atoms with E-state index < -0.39 is 5.91 Å². The topological polar surface area (TPSA) is 106 Å². The van der Waals surface area contributed by atoms with E-state index in [0.29, 0.717) is 29.0 Å². The van der Waals surface area contributed by atoms with Crippen LogP contribution in [0.15, 0.2) is 36.8 Å². The number of primary amides is 1. The Morgan fingerprint density at radius 3 is 2.73 bits per heavy atom. The standard InChI is InChI=1S/C18H19ClN6O/c1-10-7-11(3-4-13(10)19)14(8-21-2)25-18-16-15(23-9-24-18)12(17(20)26)5-6-22-16/h3-7,9,14,21H,8H2,1-2H3,(H2,20,26)(H,23,24,25). The molecule has 3 rings (SSSR count). The summed E-state index contributed by atoms with van der Waals surface area (Å²) in [7, 11) is 1.87. The van der Waals surface area contributed by atoms with E-state index in [1.165, 1.54) is 12.5 Å². The lowest BCUT2D eigenvalue weighted by atomic mass is 10.0. The Labute approximate surface area is 156 Å². The maximum atomic E-state index is 11.6. The Hall–Kier alpha value is -2.77. The summed E-state index contributed by atoms with van der Waals surface area (Å²) in [6.07, 6.45) is 2.92. The number of pyridine rings is 1. The van der Waals surface area contributed by atoms with Gasteiger partial charge in [-0.1, -0.05) is 23.7 Å². The first kappa shape index (κ1) is 18.0. The number of fused-ring (bicyclic) bond motifs is 1. The minimum Gasteiger partial charge on any atom is -0.366 e. The summed E-state index contributed by atoms with van der Waals surface area (Å²) < 4.78 is 0. The van der Waals surface area contributed by atoms with Crippen LogP contribution in [0.4, 0.5) is 5.82 Å². The van der Waals surface area contributed by atoms with E-state index in [-0.39, 0.29) is 6.04 Å². The average Bonchev–Trinajstić information content (AvgIpc) is 2.63. The van der Waals surface area contributed by atoms with E-state index in [9.17, 15) is 4.79 Å². The summed E-state index contributed by atoms with van der Waals surface area (Å²) in [6, 6.07) is 7.35. The fourth-order valence-electron chi connectivity index (χ4n) is 2.77. The summed E-state index contributed by atoms with van der Waals surface area (Å²) in [6.45, 7) is 2.62. The Kier molecular flexibility index (Phi) is 5.29. The van der Waals surface area contributed by atoms with Crippen LogP contribution >= 0.6 is 11.6 Å². The van der Waals surface area contributed by atoms with Crippen molar-refractivity contribution in [3.63, 3.8) is 0 Å². The van der Waals surface area contributed by atoms with Gasteiger partial charge in [-0.3, -0.25) is 9.78 Å². The minimum atomic E-state index is -0.554. The fraction of sp³-hybridized carbons (Fsp3) is 0.222. The minimum absolute atomic E-state index is 0.0758. The highest BCUT2D eigenvalue weighted by molar-refractivity contribution is 6.31. The van der Waals surface area contributed by atoms with Gasteiger partial charge in [0.1, 0.15) is 17.4 Å². The second-order valence-corrected chi connectivity index (χ2v) is 6.31. The third kappa shape index (κ3) is 3.58. The number of rotatable bonds is 6. The molecule has 1 atom stereocenters. The number of amides is 1. The zero-order valence-electron chi connectivity index (χ0n) is 14.5. The number of carbonyl (C=O) groups is 1. The number of hydrogen-bond acceptors (Lipinski definition) is 6. The molecule has 7 nitrogen and oxygen atoms in total. The van der Waals surface area contributed by atoms with Gasteiger partial charge in [-0.15, -0.1) is 0 Å². The van der Waals surface area contributed by atoms with E-state index in [2.05, 4.69) is 25.6 Å². The number of carbonyl (C=O) groups excluding carboxylic acids is 1. The second kappa shape index (κ2) is 7.63. The molecule has 26 heavy (non-hydrogen) atoms. The maximum Gasteiger partial charge on any atom is 0.251 e. The molecule has 0 aliphatic carbocycles. The highest BCUT2D eigenvalue weighted by Gasteiger charge is 2.17. The van der Waals surface area contributed by atoms with Crippen molar-refractivity contribution in [3.05, 3.63) is 58.5 Å². The van der Waals surface area contributed by atoms with Gasteiger partial charge in [0.2, 0.25) is 0 Å². The molecular weight excluding hydrogens is 352 g/mol. The van der Waals surface area contributed by atoms with Crippen LogP contribution in [-0.4, -0.2) is 34.5 Å². The van der Waals surface area contributed by atoms with Gasteiger partial charge in [-0.2, -0.15) is 0 Å². The number of halogens is 1. The van der Waals surface area contributed by atoms with Gasteiger partial charge in [-0.25, -0.2) is 9.97 Å². The Balaban J connectivity index is 2.03. The van der Waals surface area contributed by atoms with Crippen LogP contribution in [0.1, 0.15) is 27.5 Å². The molecule has 0 saturated heterocycles. The van der Waals surface area contributed by atoms with Crippen LogP contribution < -0.4 is 16.4 Å². The van der Waals surface area contributed by atoms with E-state index in [0.717, 1.165) is 16.1 Å². The monoisotopic (exact) mass is 370 g/mol. The normalized spacial score (nSPS) is 12.1. The van der Waals surface area contributed by atoms with Crippen molar-refractivity contribution in [1.82, 2.24) is 20.3 Å². The second-order valence-electron chi connectivity index (χ2n) is 5.91. The molecule has 0 aliphatic rings. The van der Waals surface area contributed by atoms with Gasteiger partial charge < -0.3 is 16.4 Å². The lowest BCUT2D eigenvalue weighted by Gasteiger charge is -2.21. The first-order chi connectivity index (χ1) is 12.5. The average molecular weight is 371 g/mol. The van der Waals surface area contributed by atoms with E-state index >= 15 is 0 Å². The summed E-state index contributed by atoms with van der Waals surface area (Å²) in [5.74, 6) is -0.0203. The number of nitrogens with two attached hydrogens (primary N) is 1. The Morgan fingerprint density at radius 1 is 1.23 bits per heavy atom. The number of likely N-dealkylation sites (N-methyl/N-ethyl adjacent to an activating group) is 1. The molecule has 0 bridgehead atoms. The summed E-state index contributed by atoms with van der Waals surface area (Å²) in [5.41, 5.74) is 8.71. The molecule has 0 spiro atoms. The first-order valence-electron chi connectivity index (χ1n) is 8.08. The maximum absolute atomic E-state index is 11.6. The van der Waals surface area contributed by atoms with Gasteiger partial charge in [0, 0.05) is 17.8 Å². The zero-order chi connectivity index (χ0) is 18.7. The molecule has 2 aromatic heterocycles. The summed E-state index contributed by atoms with van der Waals surface area (Å²) in [5, 5.41) is 7.27. The molecule has 1 unspecified atom stereocenters. The molecule has 0 fully saturated rings. The molecule has 1 aromatic carbocycles. The molecule has 1 amide bonds. The lowest BCUT2D eigenvalue weighted by molar-refractivity contribution is 0.100. The molecule has 134 valence electrons. The van der Waals surface area contributed by atoms with Crippen LogP contribution in [0.3, 0.4) is 0 Å². The Morgan fingerprint density at radius 2 is 2.04 bits per heavy atom. The van der Waals surface area contributed by atoms with Crippen LogP contribution in [0.5, 0.6) is 0 Å². The first-order valence-corrected chi connectivity index (χ1v) is 8.45. The van der Waals surface area contributed by atoms with E-state index in [1.54, 1.807) is 6.07 Å². The predicted molar refractivity (Wildman–Crippen MR) is 102 cm³/mol. The lowest BCUT2D eigenvalue weighted by Crippen LogP contribution is -2.24. The molecule has 8 heteroatoms. The number of nitrogens with one attached hydrogen (secondary N) is 2. The van der Waals surface area contributed by atoms with Crippen LogP contribution in [-0.2, 0) is 0 Å². The molecule has 2 heterocycles. The third-order valence-corrected chi connectivity index (χ3v) is 4.52. The number of nitrogens with zero attached hydrogens (tertiary/aromatic N) is 3. The molecular formula is C18H19ClN6O. The molecule has 0 radical (unpaired) electrons. The smallest absolute Gasteiger partial charge is 0.251 e. The van der Waals surface area contributed by atoms with Gasteiger partial charge >= 0.3 is 0 Å². The van der Waals surface area contributed by atoms with Gasteiger partial charge in [0.15, 0.2) is 5.82 Å². The van der Waals surface area contributed by atoms with Gasteiger partial charge in [0.25, 0.3) is 5.91 Å². The van der Waals surface area contributed by atoms with Crippen LogP contribution in [0.2, 0.25) is 5.02 Å². The SMILES string of the molecule is CNCC(Nc1ncnc2c(C(N)=O)ccnc12)c1ccc(Cl)c(C)c1. The number of hydrogen-bond donors (Lipinski definition) is 3. The van der Waals surface area contributed by atoms with Gasteiger partial charge in [-0.05, 0) is 37.2 Å². The van der Waals surface area contributed by atoms with Gasteiger partial charge in [0.05, 0.1) is 11.6 Å². The molecule has 0 saturated carbocycles. The Bertz CT molecular complexity index is 962. The van der Waals surface area contributed by atoms with Crippen molar-refractivity contribution in [3.8, 4) is 0 Å². The van der Waals surface area contributed by atoms with E-state index in [4.69, 9.17) is 17.3 Å². The summed E-state index contributed by atoms with van der Waals surface area (Å²) in [4.78, 5) is 24.4. The number of aromatic nitrogens is 3. The number of aryl methyl sites for hydroxylation is 1. The molecule has 0 aliphatic heterocycles. The third-order valence-electron chi connectivity index (χ3n) is 4.09. The highest BCUT2D eigenvalue weighted by atomic mass is 35.5. The van der Waals surface area contributed by atoms with Crippen molar-refractivity contribution in [1.29, 1.82) is 0 Å². The largest absolute Gasteiger partial charge is 0.366 e. The quantitative estimate of drug-likeness (QED) is 0.615. The fourth-order valence-corrected chi connectivity index (χ4v) is 2.89. The van der Waals surface area contributed by atoms with Crippen molar-refractivity contribution in [2.45, 2.75) is 13.0 Å². The van der Waals surface area contributed by atoms with E-state index in [1.807, 2.05) is 32.2 Å². The number of anilines is 1. The molecule has 3 aromatic rings.